The molecule has 3 heterocycles. The zero-order chi connectivity index (χ0) is 15.6. The second-order valence-corrected chi connectivity index (χ2v) is 5.33. The van der Waals surface area contributed by atoms with Gasteiger partial charge in [0.2, 0.25) is 5.95 Å². The molecule has 2 aromatic heterocycles. The molecule has 23 heavy (non-hydrogen) atoms. The highest BCUT2D eigenvalue weighted by molar-refractivity contribution is 5.76. The highest BCUT2D eigenvalue weighted by atomic mass is 19.1. The maximum Gasteiger partial charge on any atom is 0.207 e. The number of benzene rings is 1. The van der Waals surface area contributed by atoms with E-state index in [-0.39, 0.29) is 5.82 Å². The van der Waals surface area contributed by atoms with Crippen molar-refractivity contribution in [3.05, 3.63) is 42.2 Å². The predicted octanol–water partition coefficient (Wildman–Crippen LogP) is 2.68. The van der Waals surface area contributed by atoms with E-state index in [0.717, 1.165) is 24.4 Å². The summed E-state index contributed by atoms with van der Waals surface area (Å²) in [5.41, 5.74) is 1.79. The number of nitrogens with one attached hydrogen (secondary N) is 2. The smallest absolute Gasteiger partial charge is 0.207 e. The normalized spacial score (nSPS) is 15.1. The van der Waals surface area contributed by atoms with Gasteiger partial charge in [-0.2, -0.15) is 4.98 Å². The summed E-state index contributed by atoms with van der Waals surface area (Å²) in [6, 6.07) is 10.4. The molecule has 118 valence electrons. The molecular formula is C16H16FN5O. The van der Waals surface area contributed by atoms with Crippen LogP contribution in [0.5, 0.6) is 0 Å². The number of H-pyrrole nitrogens is 1. The molecule has 0 spiro atoms. The molecular weight excluding hydrogens is 297 g/mol. The van der Waals surface area contributed by atoms with E-state index in [9.17, 15) is 4.39 Å². The second kappa shape index (κ2) is 5.85. The first-order valence-corrected chi connectivity index (χ1v) is 7.50. The Hall–Kier alpha value is -2.67. The summed E-state index contributed by atoms with van der Waals surface area (Å²) in [5.74, 6) is 1.02. The van der Waals surface area contributed by atoms with Crippen molar-refractivity contribution in [3.8, 4) is 0 Å². The van der Waals surface area contributed by atoms with Crippen molar-refractivity contribution >= 4 is 28.6 Å². The van der Waals surface area contributed by atoms with Crippen molar-refractivity contribution in [2.24, 2.45) is 0 Å². The molecule has 1 fully saturated rings. The fourth-order valence-electron chi connectivity index (χ4n) is 2.60. The van der Waals surface area contributed by atoms with Crippen molar-refractivity contribution in [1.82, 2.24) is 15.0 Å². The Morgan fingerprint density at radius 3 is 2.74 bits per heavy atom. The lowest BCUT2D eigenvalue weighted by Gasteiger charge is -2.27. The van der Waals surface area contributed by atoms with Crippen molar-refractivity contribution < 1.29 is 9.13 Å². The monoisotopic (exact) mass is 313 g/mol. The van der Waals surface area contributed by atoms with Gasteiger partial charge in [-0.25, -0.2) is 9.37 Å². The van der Waals surface area contributed by atoms with E-state index in [4.69, 9.17) is 4.74 Å². The summed E-state index contributed by atoms with van der Waals surface area (Å²) < 4.78 is 19.1. The van der Waals surface area contributed by atoms with Crippen LogP contribution in [0.3, 0.4) is 0 Å². The van der Waals surface area contributed by atoms with Crippen LogP contribution in [0.4, 0.5) is 21.8 Å². The first-order chi connectivity index (χ1) is 11.3. The average molecular weight is 313 g/mol. The number of nitrogens with zero attached hydrogens (tertiary/aromatic N) is 3. The molecule has 0 amide bonds. The van der Waals surface area contributed by atoms with E-state index in [1.807, 2.05) is 12.1 Å². The van der Waals surface area contributed by atoms with Crippen LogP contribution < -0.4 is 10.2 Å². The summed E-state index contributed by atoms with van der Waals surface area (Å²) in [4.78, 5) is 14.3. The third kappa shape index (κ3) is 2.83. The number of morpholine rings is 1. The lowest BCUT2D eigenvalue weighted by molar-refractivity contribution is 0.122. The fourth-order valence-corrected chi connectivity index (χ4v) is 2.60. The Balaban J connectivity index is 1.61. The van der Waals surface area contributed by atoms with E-state index < -0.39 is 0 Å². The van der Waals surface area contributed by atoms with Gasteiger partial charge in [0.1, 0.15) is 11.6 Å². The van der Waals surface area contributed by atoms with Crippen LogP contribution in [0.2, 0.25) is 0 Å². The van der Waals surface area contributed by atoms with Gasteiger partial charge in [0.15, 0.2) is 5.65 Å². The molecule has 2 N–H and O–H groups in total. The minimum Gasteiger partial charge on any atom is -0.378 e. The molecule has 0 aliphatic carbocycles. The van der Waals surface area contributed by atoms with Crippen LogP contribution in [0.1, 0.15) is 0 Å². The molecule has 1 aromatic carbocycles. The highest BCUT2D eigenvalue weighted by Gasteiger charge is 2.14. The quantitative estimate of drug-likeness (QED) is 0.778. The molecule has 0 bridgehead atoms. The Labute approximate surface area is 132 Å². The summed E-state index contributed by atoms with van der Waals surface area (Å²) in [5, 5.41) is 2.95. The molecule has 4 rings (SSSR count). The van der Waals surface area contributed by atoms with Crippen LogP contribution in [0, 0.1) is 5.82 Å². The number of pyridine rings is 1. The van der Waals surface area contributed by atoms with Crippen molar-refractivity contribution in [2.45, 2.75) is 0 Å². The number of hydrogen-bond acceptors (Lipinski definition) is 5. The number of aromatic nitrogens is 3. The van der Waals surface area contributed by atoms with Gasteiger partial charge in [-0.1, -0.05) is 12.1 Å². The van der Waals surface area contributed by atoms with Gasteiger partial charge in [-0.15, -0.1) is 0 Å². The minimum absolute atomic E-state index is 0.324. The van der Waals surface area contributed by atoms with Gasteiger partial charge >= 0.3 is 0 Å². The van der Waals surface area contributed by atoms with Gasteiger partial charge in [0.25, 0.3) is 0 Å². The number of halogens is 1. The zero-order valence-electron chi connectivity index (χ0n) is 12.4. The largest absolute Gasteiger partial charge is 0.378 e. The number of rotatable bonds is 3. The van der Waals surface area contributed by atoms with Gasteiger partial charge in [0, 0.05) is 13.1 Å². The van der Waals surface area contributed by atoms with E-state index in [0.29, 0.717) is 30.5 Å². The number of aromatic amines is 1. The van der Waals surface area contributed by atoms with E-state index in [2.05, 4.69) is 25.2 Å². The Morgan fingerprint density at radius 1 is 1.09 bits per heavy atom. The van der Waals surface area contributed by atoms with Crippen LogP contribution in [0.25, 0.3) is 11.2 Å². The lowest BCUT2D eigenvalue weighted by atomic mass is 10.3. The summed E-state index contributed by atoms with van der Waals surface area (Å²) in [6.45, 7) is 3.06. The molecule has 0 atom stereocenters. The SMILES string of the molecule is Fc1ccccc1Nc1nc2nc(N3CCOCC3)ccc2[nH]1. The molecule has 0 saturated carbocycles. The molecule has 1 saturated heterocycles. The zero-order valence-corrected chi connectivity index (χ0v) is 12.4. The summed E-state index contributed by atoms with van der Waals surface area (Å²) in [7, 11) is 0. The average Bonchev–Trinajstić information content (AvgIpc) is 2.99. The Morgan fingerprint density at radius 2 is 1.91 bits per heavy atom. The molecule has 1 aliphatic rings. The Bertz CT molecular complexity index is 828. The first-order valence-electron chi connectivity index (χ1n) is 7.50. The van der Waals surface area contributed by atoms with Gasteiger partial charge in [-0.3, -0.25) is 0 Å². The molecule has 6 nitrogen and oxygen atoms in total. The molecule has 1 aliphatic heterocycles. The van der Waals surface area contributed by atoms with Crippen LogP contribution >= 0.6 is 0 Å². The van der Waals surface area contributed by atoms with E-state index in [1.54, 1.807) is 18.2 Å². The highest BCUT2D eigenvalue weighted by Crippen LogP contribution is 2.22. The number of fused-ring (bicyclic) bond motifs is 1. The van der Waals surface area contributed by atoms with Crippen LogP contribution in [-0.2, 0) is 4.74 Å². The van der Waals surface area contributed by atoms with E-state index in [1.165, 1.54) is 6.07 Å². The van der Waals surface area contributed by atoms with Crippen molar-refractivity contribution in [3.63, 3.8) is 0 Å². The lowest BCUT2D eigenvalue weighted by Crippen LogP contribution is -2.36. The van der Waals surface area contributed by atoms with Crippen molar-refractivity contribution in [2.75, 3.05) is 36.5 Å². The van der Waals surface area contributed by atoms with E-state index >= 15 is 0 Å². The molecule has 0 radical (unpaired) electrons. The van der Waals surface area contributed by atoms with Crippen molar-refractivity contribution in [1.29, 1.82) is 0 Å². The third-order valence-corrected chi connectivity index (χ3v) is 3.79. The summed E-state index contributed by atoms with van der Waals surface area (Å²) in [6.07, 6.45) is 0. The topological polar surface area (TPSA) is 66.1 Å². The second-order valence-electron chi connectivity index (χ2n) is 5.33. The predicted molar refractivity (Wildman–Crippen MR) is 86.6 cm³/mol. The minimum atomic E-state index is -0.324. The number of hydrogen-bond donors (Lipinski definition) is 2. The number of ether oxygens (including phenoxy) is 1. The summed E-state index contributed by atoms with van der Waals surface area (Å²) >= 11 is 0. The van der Waals surface area contributed by atoms with Crippen LogP contribution in [0.15, 0.2) is 36.4 Å². The number of anilines is 3. The van der Waals surface area contributed by atoms with Gasteiger partial charge in [-0.05, 0) is 24.3 Å². The maximum atomic E-state index is 13.7. The molecule has 7 heteroatoms. The third-order valence-electron chi connectivity index (χ3n) is 3.79. The number of para-hydroxylation sites is 1. The standard InChI is InChI=1S/C16H16FN5O/c17-11-3-1-2-4-12(11)18-16-19-13-5-6-14(20-15(13)21-16)22-7-9-23-10-8-22/h1-6H,7-10H2,(H2,18,19,20,21). The molecule has 0 unspecified atom stereocenters. The maximum absolute atomic E-state index is 13.7. The Kier molecular flexibility index (Phi) is 3.55. The molecule has 3 aromatic rings. The fraction of sp³-hybridized carbons (Fsp3) is 0.250. The first kappa shape index (κ1) is 14.0. The van der Waals surface area contributed by atoms with Crippen LogP contribution in [-0.4, -0.2) is 41.3 Å². The van der Waals surface area contributed by atoms with Gasteiger partial charge < -0.3 is 19.9 Å². The van der Waals surface area contributed by atoms with Gasteiger partial charge in [0.05, 0.1) is 24.4 Å². The number of imidazole rings is 1.